The van der Waals surface area contributed by atoms with Gasteiger partial charge in [0.2, 0.25) is 21.8 Å². The van der Waals surface area contributed by atoms with Crippen molar-refractivity contribution in [2.45, 2.75) is 65.1 Å². The Morgan fingerprint density at radius 1 is 1.03 bits per heavy atom. The van der Waals surface area contributed by atoms with E-state index in [1.165, 1.54) is 24.3 Å². The van der Waals surface area contributed by atoms with Crippen molar-refractivity contribution in [3.63, 3.8) is 0 Å². The van der Waals surface area contributed by atoms with Gasteiger partial charge in [-0.15, -0.1) is 0 Å². The fourth-order valence-electron chi connectivity index (χ4n) is 3.76. The average molecular weight is 506 g/mol. The maximum Gasteiger partial charge on any atom is 0.243 e. The molecule has 2 rings (SSSR count). The van der Waals surface area contributed by atoms with E-state index in [1.807, 2.05) is 58.0 Å². The van der Waals surface area contributed by atoms with Crippen molar-refractivity contribution in [2.75, 3.05) is 17.1 Å². The molecule has 0 spiro atoms. The molecule has 7 nitrogen and oxygen atoms in total. The van der Waals surface area contributed by atoms with E-state index >= 15 is 0 Å². The molecule has 1 N–H and O–H groups in total. The summed E-state index contributed by atoms with van der Waals surface area (Å²) >= 11 is 0. The molecular weight excluding hydrogens is 469 g/mol. The number of rotatable bonds is 11. The summed E-state index contributed by atoms with van der Waals surface area (Å²) in [6.45, 7) is 7.84. The van der Waals surface area contributed by atoms with Gasteiger partial charge in [-0.25, -0.2) is 12.8 Å². The highest BCUT2D eigenvalue weighted by Crippen LogP contribution is 2.20. The van der Waals surface area contributed by atoms with E-state index in [4.69, 9.17) is 0 Å². The van der Waals surface area contributed by atoms with Gasteiger partial charge in [0.05, 0.1) is 11.9 Å². The predicted octanol–water partition coefficient (Wildman–Crippen LogP) is 4.09. The molecule has 2 amide bonds. The lowest BCUT2D eigenvalue weighted by Crippen LogP contribution is -2.53. The number of halogens is 1. The lowest BCUT2D eigenvalue weighted by molar-refractivity contribution is -0.142. The Balaban J connectivity index is 2.20. The number of hydrogen-bond donors (Lipinski definition) is 1. The summed E-state index contributed by atoms with van der Waals surface area (Å²) in [6.07, 6.45) is 1.81. The largest absolute Gasteiger partial charge is 0.350 e. The van der Waals surface area contributed by atoms with Crippen LogP contribution in [-0.4, -0.2) is 49.5 Å². The van der Waals surface area contributed by atoms with Crippen molar-refractivity contribution in [2.24, 2.45) is 0 Å². The topological polar surface area (TPSA) is 86.8 Å². The van der Waals surface area contributed by atoms with Crippen molar-refractivity contribution in [1.82, 2.24) is 10.2 Å². The Labute approximate surface area is 208 Å². The number of benzene rings is 2. The fourth-order valence-corrected chi connectivity index (χ4v) is 4.73. The van der Waals surface area contributed by atoms with Crippen molar-refractivity contribution < 1.29 is 22.4 Å². The zero-order chi connectivity index (χ0) is 26.2. The van der Waals surface area contributed by atoms with Crippen LogP contribution < -0.4 is 9.62 Å². The van der Waals surface area contributed by atoms with Crippen LogP contribution in [0.4, 0.5) is 10.1 Å². The van der Waals surface area contributed by atoms with E-state index in [0.29, 0.717) is 12.1 Å². The first-order valence-electron chi connectivity index (χ1n) is 11.7. The number of nitrogens with zero attached hydrogens (tertiary/aromatic N) is 2. The van der Waals surface area contributed by atoms with E-state index < -0.39 is 27.4 Å². The smallest absolute Gasteiger partial charge is 0.243 e. The summed E-state index contributed by atoms with van der Waals surface area (Å²) in [7, 11) is -3.63. The highest BCUT2D eigenvalue weighted by molar-refractivity contribution is 7.92. The molecule has 0 aliphatic carbocycles. The first-order chi connectivity index (χ1) is 16.3. The van der Waals surface area contributed by atoms with Gasteiger partial charge in [0.15, 0.2) is 0 Å². The zero-order valence-corrected chi connectivity index (χ0v) is 21.9. The van der Waals surface area contributed by atoms with E-state index in [2.05, 4.69) is 5.32 Å². The molecule has 0 aliphatic heterocycles. The van der Waals surface area contributed by atoms with Crippen LogP contribution in [0.2, 0.25) is 0 Å². The quantitative estimate of drug-likeness (QED) is 0.498. The van der Waals surface area contributed by atoms with Gasteiger partial charge in [-0.1, -0.05) is 37.3 Å². The van der Waals surface area contributed by atoms with E-state index in [1.54, 1.807) is 4.90 Å². The standard InChI is InChI=1S/C26H36FN3O4S/c1-6-23(25(32)28-26(2,3)4)29(19-20-11-8-7-9-12-20)24(31)13-10-18-30(35(5,33)34)22-16-14-21(27)15-17-22/h7-9,11-12,14-17,23H,6,10,13,18-19H2,1-5H3,(H,28,32)/t23-/m1/s1. The molecule has 1 atom stereocenters. The van der Waals surface area contributed by atoms with E-state index in [9.17, 15) is 22.4 Å². The number of nitrogens with one attached hydrogen (secondary N) is 1. The van der Waals surface area contributed by atoms with Crippen LogP contribution in [0.5, 0.6) is 0 Å². The van der Waals surface area contributed by atoms with Crippen LogP contribution >= 0.6 is 0 Å². The number of hydrogen-bond acceptors (Lipinski definition) is 4. The van der Waals surface area contributed by atoms with Crippen molar-refractivity contribution in [3.05, 3.63) is 66.0 Å². The van der Waals surface area contributed by atoms with E-state index in [-0.39, 0.29) is 37.7 Å². The minimum atomic E-state index is -3.63. The molecule has 0 heterocycles. The second kappa shape index (κ2) is 12.2. The first kappa shape index (κ1) is 28.3. The van der Waals surface area contributed by atoms with Crippen molar-refractivity contribution >= 4 is 27.5 Å². The third kappa shape index (κ3) is 8.98. The molecule has 0 aromatic heterocycles. The third-order valence-electron chi connectivity index (χ3n) is 5.35. The molecular formula is C26H36FN3O4S. The van der Waals surface area contributed by atoms with Crippen LogP contribution in [0.15, 0.2) is 54.6 Å². The lowest BCUT2D eigenvalue weighted by Gasteiger charge is -2.33. The van der Waals surface area contributed by atoms with Gasteiger partial charge in [0, 0.05) is 25.0 Å². The molecule has 0 unspecified atom stereocenters. The summed E-state index contributed by atoms with van der Waals surface area (Å²) in [5.74, 6) is -0.932. The molecule has 192 valence electrons. The predicted molar refractivity (Wildman–Crippen MR) is 137 cm³/mol. The molecule has 0 aliphatic rings. The maximum absolute atomic E-state index is 13.4. The molecule has 0 saturated heterocycles. The molecule has 35 heavy (non-hydrogen) atoms. The molecule has 0 bridgehead atoms. The molecule has 0 radical (unpaired) electrons. The van der Waals surface area contributed by atoms with Gasteiger partial charge in [0.1, 0.15) is 11.9 Å². The number of carbonyl (C=O) groups excluding carboxylic acids is 2. The van der Waals surface area contributed by atoms with Crippen LogP contribution in [-0.2, 0) is 26.2 Å². The first-order valence-corrected chi connectivity index (χ1v) is 13.6. The molecule has 9 heteroatoms. The third-order valence-corrected chi connectivity index (χ3v) is 6.54. The summed E-state index contributed by atoms with van der Waals surface area (Å²) in [5, 5.41) is 2.96. The van der Waals surface area contributed by atoms with Gasteiger partial charge in [0.25, 0.3) is 0 Å². The SMILES string of the molecule is CC[C@H](C(=O)NC(C)(C)C)N(Cc1ccccc1)C(=O)CCCN(c1ccc(F)cc1)S(C)(=O)=O. The average Bonchev–Trinajstić information content (AvgIpc) is 2.76. The van der Waals surface area contributed by atoms with Crippen molar-refractivity contribution in [3.8, 4) is 0 Å². The monoisotopic (exact) mass is 505 g/mol. The Hall–Kier alpha value is -2.94. The zero-order valence-electron chi connectivity index (χ0n) is 21.1. The minimum Gasteiger partial charge on any atom is -0.350 e. The Morgan fingerprint density at radius 3 is 2.14 bits per heavy atom. The number of sulfonamides is 1. The second-order valence-electron chi connectivity index (χ2n) is 9.59. The normalized spacial score (nSPS) is 12.6. The Bertz CT molecular complexity index is 1080. The summed E-state index contributed by atoms with van der Waals surface area (Å²) in [5.41, 5.74) is 0.780. The van der Waals surface area contributed by atoms with Crippen LogP contribution in [0.1, 0.15) is 52.5 Å². The van der Waals surface area contributed by atoms with Gasteiger partial charge < -0.3 is 10.2 Å². The minimum absolute atomic E-state index is 0.0549. The van der Waals surface area contributed by atoms with E-state index in [0.717, 1.165) is 16.1 Å². The van der Waals surface area contributed by atoms with Crippen LogP contribution in [0.3, 0.4) is 0 Å². The van der Waals surface area contributed by atoms with Crippen LogP contribution in [0, 0.1) is 5.82 Å². The maximum atomic E-state index is 13.4. The lowest BCUT2D eigenvalue weighted by atomic mass is 10.0. The van der Waals surface area contributed by atoms with Gasteiger partial charge >= 0.3 is 0 Å². The highest BCUT2D eigenvalue weighted by Gasteiger charge is 2.30. The Morgan fingerprint density at radius 2 is 1.63 bits per heavy atom. The molecule has 2 aromatic carbocycles. The fraction of sp³-hybridized carbons (Fsp3) is 0.462. The molecule has 2 aromatic rings. The van der Waals surface area contributed by atoms with Gasteiger partial charge in [-0.2, -0.15) is 0 Å². The number of anilines is 1. The van der Waals surface area contributed by atoms with Gasteiger partial charge in [-0.3, -0.25) is 13.9 Å². The van der Waals surface area contributed by atoms with Crippen LogP contribution in [0.25, 0.3) is 0 Å². The summed E-state index contributed by atoms with van der Waals surface area (Å²) in [6, 6.07) is 13.9. The second-order valence-corrected chi connectivity index (χ2v) is 11.5. The number of carbonyl (C=O) groups is 2. The van der Waals surface area contributed by atoms with Gasteiger partial charge in [-0.05, 0) is 63.4 Å². The number of amides is 2. The molecule has 0 fully saturated rings. The Kier molecular flexibility index (Phi) is 9.82. The summed E-state index contributed by atoms with van der Waals surface area (Å²) < 4.78 is 39.1. The van der Waals surface area contributed by atoms with Crippen molar-refractivity contribution in [1.29, 1.82) is 0 Å². The summed E-state index contributed by atoms with van der Waals surface area (Å²) in [4.78, 5) is 28.0. The highest BCUT2D eigenvalue weighted by atomic mass is 32.2. The molecule has 0 saturated carbocycles.